The first-order valence-corrected chi connectivity index (χ1v) is 7.26. The minimum atomic E-state index is -0.528. The molecule has 0 aliphatic heterocycles. The molecule has 0 atom stereocenters. The van der Waals surface area contributed by atoms with Crippen LogP contribution in [-0.2, 0) is 0 Å². The molecular formula is C16H9Cl2FN4. The van der Waals surface area contributed by atoms with Crippen molar-refractivity contribution in [1.82, 2.24) is 4.98 Å². The lowest BCUT2D eigenvalue weighted by Crippen LogP contribution is -2.02. The molecule has 0 saturated heterocycles. The average molecular weight is 347 g/mol. The maximum absolute atomic E-state index is 13.3. The second-order valence-corrected chi connectivity index (χ2v) is 5.56. The highest BCUT2D eigenvalue weighted by molar-refractivity contribution is 6.35. The van der Waals surface area contributed by atoms with Crippen LogP contribution < -0.4 is 11.1 Å². The van der Waals surface area contributed by atoms with Crippen LogP contribution in [0.2, 0.25) is 10.0 Å². The Balaban J connectivity index is 2.24. The van der Waals surface area contributed by atoms with E-state index < -0.39 is 5.82 Å². The molecular weight excluding hydrogens is 338 g/mol. The van der Waals surface area contributed by atoms with Crippen molar-refractivity contribution in [3.63, 3.8) is 0 Å². The predicted octanol–water partition coefficient (Wildman–Crippen LogP) is 4.88. The summed E-state index contributed by atoms with van der Waals surface area (Å²) < 4.78 is 13.3. The van der Waals surface area contributed by atoms with E-state index in [9.17, 15) is 9.65 Å². The van der Waals surface area contributed by atoms with E-state index in [1.165, 1.54) is 18.2 Å². The molecule has 0 amide bonds. The van der Waals surface area contributed by atoms with Crippen LogP contribution in [0, 0.1) is 17.1 Å². The molecule has 3 rings (SSSR count). The maximum Gasteiger partial charge on any atom is 0.144 e. The summed E-state index contributed by atoms with van der Waals surface area (Å²) in [7, 11) is 0. The summed E-state index contributed by atoms with van der Waals surface area (Å²) in [6.07, 6.45) is 0. The quantitative estimate of drug-likeness (QED) is 0.693. The van der Waals surface area contributed by atoms with Crippen LogP contribution in [0.15, 0.2) is 36.4 Å². The van der Waals surface area contributed by atoms with Gasteiger partial charge in [0.1, 0.15) is 23.3 Å². The fourth-order valence-corrected chi connectivity index (χ4v) is 2.63. The number of nitriles is 1. The molecule has 4 nitrogen and oxygen atoms in total. The van der Waals surface area contributed by atoms with Gasteiger partial charge in [0.25, 0.3) is 0 Å². The molecule has 0 aliphatic rings. The molecule has 3 N–H and O–H groups in total. The van der Waals surface area contributed by atoms with E-state index in [2.05, 4.69) is 10.3 Å². The number of nitrogens with one attached hydrogen (secondary N) is 1. The van der Waals surface area contributed by atoms with Crippen LogP contribution in [0.3, 0.4) is 0 Å². The van der Waals surface area contributed by atoms with Gasteiger partial charge in [-0.2, -0.15) is 5.26 Å². The highest BCUT2D eigenvalue weighted by Crippen LogP contribution is 2.35. The van der Waals surface area contributed by atoms with Gasteiger partial charge in [0.15, 0.2) is 0 Å². The average Bonchev–Trinajstić information content (AvgIpc) is 2.52. The van der Waals surface area contributed by atoms with Crippen LogP contribution in [0.25, 0.3) is 10.9 Å². The van der Waals surface area contributed by atoms with Crippen LogP contribution in [0.4, 0.5) is 21.6 Å². The number of para-hydroxylation sites is 1. The number of benzene rings is 2. The Morgan fingerprint density at radius 2 is 1.96 bits per heavy atom. The van der Waals surface area contributed by atoms with E-state index in [0.717, 1.165) is 0 Å². The first kappa shape index (κ1) is 15.3. The standard InChI is InChI=1S/C16H9Cl2FN4/c17-11-3-1-2-9-14(10(7-20)16(21)23-15(9)11)22-8-4-5-13(19)12(18)6-8/h1-6H,(H3,21,22,23). The summed E-state index contributed by atoms with van der Waals surface area (Å²) in [5.41, 5.74) is 7.47. The second kappa shape index (κ2) is 5.92. The van der Waals surface area contributed by atoms with Gasteiger partial charge in [-0.15, -0.1) is 0 Å². The lowest BCUT2D eigenvalue weighted by Gasteiger charge is -2.14. The Hall–Kier alpha value is -2.55. The minimum absolute atomic E-state index is 0.0297. The fourth-order valence-electron chi connectivity index (χ4n) is 2.23. The zero-order chi connectivity index (χ0) is 16.6. The molecule has 0 spiro atoms. The predicted molar refractivity (Wildman–Crippen MR) is 90.6 cm³/mol. The van der Waals surface area contributed by atoms with Crippen molar-refractivity contribution in [3.8, 4) is 6.07 Å². The third kappa shape index (κ3) is 2.74. The number of aromatic nitrogens is 1. The lowest BCUT2D eigenvalue weighted by molar-refractivity contribution is 0.628. The molecule has 0 saturated carbocycles. The number of hydrogen-bond acceptors (Lipinski definition) is 4. The molecule has 1 heterocycles. The molecule has 7 heteroatoms. The summed E-state index contributed by atoms with van der Waals surface area (Å²) in [6, 6.07) is 11.4. The zero-order valence-electron chi connectivity index (χ0n) is 11.6. The third-order valence-electron chi connectivity index (χ3n) is 3.30. The summed E-state index contributed by atoms with van der Waals surface area (Å²) in [5.74, 6) is -0.469. The number of fused-ring (bicyclic) bond motifs is 1. The van der Waals surface area contributed by atoms with Crippen LogP contribution >= 0.6 is 23.2 Å². The van der Waals surface area contributed by atoms with Gasteiger partial charge in [-0.3, -0.25) is 0 Å². The van der Waals surface area contributed by atoms with Gasteiger partial charge < -0.3 is 11.1 Å². The molecule has 0 unspecified atom stereocenters. The highest BCUT2D eigenvalue weighted by atomic mass is 35.5. The number of hydrogen-bond donors (Lipinski definition) is 2. The normalized spacial score (nSPS) is 10.5. The number of halogens is 3. The molecule has 2 aromatic carbocycles. The minimum Gasteiger partial charge on any atom is -0.383 e. The number of nitrogens with zero attached hydrogens (tertiary/aromatic N) is 2. The van der Waals surface area contributed by atoms with Crippen LogP contribution in [-0.4, -0.2) is 4.98 Å². The van der Waals surface area contributed by atoms with E-state index in [-0.39, 0.29) is 16.4 Å². The summed E-state index contributed by atoms with van der Waals surface area (Å²) in [4.78, 5) is 4.18. The molecule has 0 bridgehead atoms. The van der Waals surface area contributed by atoms with E-state index >= 15 is 0 Å². The van der Waals surface area contributed by atoms with E-state index in [4.69, 9.17) is 28.9 Å². The van der Waals surface area contributed by atoms with Gasteiger partial charge >= 0.3 is 0 Å². The topological polar surface area (TPSA) is 74.7 Å². The van der Waals surface area contributed by atoms with Crippen LogP contribution in [0.1, 0.15) is 5.56 Å². The van der Waals surface area contributed by atoms with Crippen molar-refractivity contribution in [2.24, 2.45) is 0 Å². The van der Waals surface area contributed by atoms with Gasteiger partial charge in [0, 0.05) is 11.1 Å². The van der Waals surface area contributed by atoms with Gasteiger partial charge in [0.05, 0.1) is 21.2 Å². The van der Waals surface area contributed by atoms with E-state index in [0.29, 0.717) is 27.3 Å². The third-order valence-corrected chi connectivity index (χ3v) is 3.89. The molecule has 0 fully saturated rings. The number of pyridine rings is 1. The Morgan fingerprint density at radius 3 is 2.65 bits per heavy atom. The summed E-state index contributed by atoms with van der Waals surface area (Å²) in [6.45, 7) is 0. The van der Waals surface area contributed by atoms with Gasteiger partial charge in [-0.05, 0) is 24.3 Å². The van der Waals surface area contributed by atoms with Crippen molar-refractivity contribution in [2.45, 2.75) is 0 Å². The monoisotopic (exact) mass is 346 g/mol. The Kier molecular flexibility index (Phi) is 3.95. The van der Waals surface area contributed by atoms with Gasteiger partial charge in [-0.25, -0.2) is 9.37 Å². The number of nitrogens with two attached hydrogens (primary N) is 1. The van der Waals surface area contributed by atoms with Crippen molar-refractivity contribution in [1.29, 1.82) is 5.26 Å². The van der Waals surface area contributed by atoms with Crippen molar-refractivity contribution >= 4 is 51.3 Å². The summed E-state index contributed by atoms with van der Waals surface area (Å²) >= 11 is 11.9. The number of nitrogen functional groups attached to an aromatic ring is 1. The number of rotatable bonds is 2. The number of anilines is 3. The van der Waals surface area contributed by atoms with E-state index in [1.54, 1.807) is 18.2 Å². The Bertz CT molecular complexity index is 966. The first-order chi connectivity index (χ1) is 11.0. The van der Waals surface area contributed by atoms with Gasteiger partial charge in [-0.1, -0.05) is 35.3 Å². The van der Waals surface area contributed by atoms with Crippen molar-refractivity contribution in [2.75, 3.05) is 11.1 Å². The Morgan fingerprint density at radius 1 is 1.17 bits per heavy atom. The molecule has 0 radical (unpaired) electrons. The van der Waals surface area contributed by atoms with Gasteiger partial charge in [0.2, 0.25) is 0 Å². The molecule has 114 valence electrons. The fraction of sp³-hybridized carbons (Fsp3) is 0. The van der Waals surface area contributed by atoms with Crippen molar-refractivity contribution in [3.05, 3.63) is 57.8 Å². The molecule has 1 aromatic heterocycles. The molecule has 0 aliphatic carbocycles. The summed E-state index contributed by atoms with van der Waals surface area (Å²) in [5, 5.41) is 13.4. The highest BCUT2D eigenvalue weighted by Gasteiger charge is 2.15. The lowest BCUT2D eigenvalue weighted by atomic mass is 10.1. The molecule has 3 aromatic rings. The van der Waals surface area contributed by atoms with Crippen LogP contribution in [0.5, 0.6) is 0 Å². The maximum atomic E-state index is 13.3. The molecule has 23 heavy (non-hydrogen) atoms. The first-order valence-electron chi connectivity index (χ1n) is 6.51. The Labute approximate surface area is 141 Å². The van der Waals surface area contributed by atoms with Crippen molar-refractivity contribution < 1.29 is 4.39 Å². The zero-order valence-corrected chi connectivity index (χ0v) is 13.1. The SMILES string of the molecule is N#Cc1c(N)nc2c(Cl)cccc2c1Nc1ccc(F)c(Cl)c1. The second-order valence-electron chi connectivity index (χ2n) is 4.75. The smallest absolute Gasteiger partial charge is 0.144 e. The van der Waals surface area contributed by atoms with E-state index in [1.807, 2.05) is 6.07 Å². The largest absolute Gasteiger partial charge is 0.383 e.